The zero-order valence-electron chi connectivity index (χ0n) is 14.0. The SMILES string of the molecule is CCCc1ccc(-c2ccc(-c3ccc(C(=O)O)cc3)c(F)c2)cc1. The first-order valence-electron chi connectivity index (χ1n) is 8.31. The van der Waals surface area contributed by atoms with Crippen LogP contribution in [0.4, 0.5) is 4.39 Å². The minimum Gasteiger partial charge on any atom is -0.478 e. The van der Waals surface area contributed by atoms with Gasteiger partial charge in [-0.1, -0.05) is 61.9 Å². The number of carboxylic acids is 1. The van der Waals surface area contributed by atoms with E-state index in [-0.39, 0.29) is 11.4 Å². The zero-order valence-corrected chi connectivity index (χ0v) is 14.0. The quantitative estimate of drug-likeness (QED) is 0.639. The van der Waals surface area contributed by atoms with Crippen molar-refractivity contribution >= 4 is 5.97 Å². The van der Waals surface area contributed by atoms with E-state index in [1.54, 1.807) is 18.2 Å². The van der Waals surface area contributed by atoms with Crippen LogP contribution in [0.3, 0.4) is 0 Å². The molecule has 0 radical (unpaired) electrons. The molecule has 0 unspecified atom stereocenters. The zero-order chi connectivity index (χ0) is 17.8. The molecule has 0 atom stereocenters. The molecule has 126 valence electrons. The predicted molar refractivity (Wildman–Crippen MR) is 98.2 cm³/mol. The van der Waals surface area contributed by atoms with Gasteiger partial charge in [0, 0.05) is 5.56 Å². The summed E-state index contributed by atoms with van der Waals surface area (Å²) < 4.78 is 14.6. The molecule has 3 rings (SSSR count). The van der Waals surface area contributed by atoms with Crippen molar-refractivity contribution in [1.82, 2.24) is 0 Å². The standard InChI is InChI=1S/C22H19FO2/c1-2-3-15-4-6-16(7-5-15)19-12-13-20(21(23)14-19)17-8-10-18(11-9-17)22(24)25/h4-14H,2-3H2,1H3,(H,24,25). The monoisotopic (exact) mass is 334 g/mol. The maximum absolute atomic E-state index is 14.6. The smallest absolute Gasteiger partial charge is 0.335 e. The molecule has 0 spiro atoms. The molecule has 0 saturated heterocycles. The summed E-state index contributed by atoms with van der Waals surface area (Å²) in [5, 5.41) is 8.94. The molecule has 0 aliphatic carbocycles. The third-order valence-corrected chi connectivity index (χ3v) is 4.24. The molecule has 0 aliphatic rings. The van der Waals surface area contributed by atoms with Crippen LogP contribution in [0.15, 0.2) is 66.7 Å². The summed E-state index contributed by atoms with van der Waals surface area (Å²) in [4.78, 5) is 10.9. The van der Waals surface area contributed by atoms with Crippen LogP contribution in [0.2, 0.25) is 0 Å². The first-order valence-corrected chi connectivity index (χ1v) is 8.31. The Bertz CT molecular complexity index is 881. The second-order valence-electron chi connectivity index (χ2n) is 6.02. The molecule has 0 aromatic heterocycles. The molecule has 0 fully saturated rings. The third kappa shape index (κ3) is 3.77. The Kier molecular flexibility index (Phi) is 4.94. The van der Waals surface area contributed by atoms with Crippen LogP contribution in [0.25, 0.3) is 22.3 Å². The number of hydrogen-bond donors (Lipinski definition) is 1. The molecule has 1 N–H and O–H groups in total. The van der Waals surface area contributed by atoms with E-state index < -0.39 is 5.97 Å². The van der Waals surface area contributed by atoms with E-state index >= 15 is 0 Å². The second kappa shape index (κ2) is 7.31. The van der Waals surface area contributed by atoms with Gasteiger partial charge in [-0.05, 0) is 46.9 Å². The fourth-order valence-electron chi connectivity index (χ4n) is 2.87. The highest BCUT2D eigenvalue weighted by molar-refractivity contribution is 5.88. The van der Waals surface area contributed by atoms with Crippen LogP contribution in [0.5, 0.6) is 0 Å². The van der Waals surface area contributed by atoms with Crippen molar-refractivity contribution in [2.75, 3.05) is 0 Å². The Hall–Kier alpha value is -2.94. The van der Waals surface area contributed by atoms with Gasteiger partial charge in [0.05, 0.1) is 5.56 Å². The van der Waals surface area contributed by atoms with E-state index in [0.717, 1.165) is 24.0 Å². The summed E-state index contributed by atoms with van der Waals surface area (Å²) in [6.07, 6.45) is 2.14. The Morgan fingerprint density at radius 1 is 0.880 bits per heavy atom. The molecular formula is C22H19FO2. The van der Waals surface area contributed by atoms with Gasteiger partial charge in [-0.25, -0.2) is 9.18 Å². The van der Waals surface area contributed by atoms with Crippen molar-refractivity contribution in [1.29, 1.82) is 0 Å². The number of halogens is 1. The third-order valence-electron chi connectivity index (χ3n) is 4.24. The van der Waals surface area contributed by atoms with Gasteiger partial charge in [0.25, 0.3) is 0 Å². The Labute approximate surface area is 146 Å². The summed E-state index contributed by atoms with van der Waals surface area (Å²) in [6.45, 7) is 2.14. The lowest BCUT2D eigenvalue weighted by molar-refractivity contribution is 0.0697. The summed E-state index contributed by atoms with van der Waals surface area (Å²) >= 11 is 0. The number of carboxylic acid groups (broad SMARTS) is 1. The summed E-state index contributed by atoms with van der Waals surface area (Å²) in [5.74, 6) is -1.31. The fraction of sp³-hybridized carbons (Fsp3) is 0.136. The van der Waals surface area contributed by atoms with Crippen molar-refractivity contribution in [2.24, 2.45) is 0 Å². The molecule has 0 saturated carbocycles. The van der Waals surface area contributed by atoms with Crippen molar-refractivity contribution < 1.29 is 14.3 Å². The van der Waals surface area contributed by atoms with Gasteiger partial charge in [-0.3, -0.25) is 0 Å². The largest absolute Gasteiger partial charge is 0.478 e. The molecule has 3 heteroatoms. The lowest BCUT2D eigenvalue weighted by atomic mass is 9.98. The van der Waals surface area contributed by atoms with E-state index in [2.05, 4.69) is 19.1 Å². The summed E-state index contributed by atoms with van der Waals surface area (Å²) in [6, 6.07) is 19.6. The topological polar surface area (TPSA) is 37.3 Å². The molecule has 0 amide bonds. The average Bonchev–Trinajstić information content (AvgIpc) is 2.63. The molecule has 3 aromatic rings. The van der Waals surface area contributed by atoms with Gasteiger partial charge >= 0.3 is 5.97 Å². The van der Waals surface area contributed by atoms with E-state index in [9.17, 15) is 9.18 Å². The van der Waals surface area contributed by atoms with E-state index in [4.69, 9.17) is 5.11 Å². The van der Waals surface area contributed by atoms with Crippen molar-refractivity contribution in [3.63, 3.8) is 0 Å². The number of rotatable bonds is 5. The number of aryl methyl sites for hydroxylation is 1. The Morgan fingerprint density at radius 3 is 2.04 bits per heavy atom. The van der Waals surface area contributed by atoms with E-state index in [1.165, 1.54) is 23.8 Å². The molecular weight excluding hydrogens is 315 g/mol. The first kappa shape index (κ1) is 16.9. The first-order chi connectivity index (χ1) is 12.1. The number of carbonyl (C=O) groups is 1. The van der Waals surface area contributed by atoms with Crippen molar-refractivity contribution in [3.8, 4) is 22.3 Å². The van der Waals surface area contributed by atoms with Crippen LogP contribution in [-0.2, 0) is 6.42 Å². The van der Waals surface area contributed by atoms with Crippen LogP contribution >= 0.6 is 0 Å². The van der Waals surface area contributed by atoms with Gasteiger partial charge in [0.1, 0.15) is 5.82 Å². The van der Waals surface area contributed by atoms with Crippen molar-refractivity contribution in [3.05, 3.63) is 83.7 Å². The van der Waals surface area contributed by atoms with Crippen LogP contribution < -0.4 is 0 Å². The van der Waals surface area contributed by atoms with Gasteiger partial charge in [-0.15, -0.1) is 0 Å². The van der Waals surface area contributed by atoms with Crippen LogP contribution in [0, 0.1) is 5.82 Å². The Balaban J connectivity index is 1.88. The highest BCUT2D eigenvalue weighted by atomic mass is 19.1. The summed E-state index contributed by atoms with van der Waals surface area (Å²) in [7, 11) is 0. The maximum Gasteiger partial charge on any atom is 0.335 e. The van der Waals surface area contributed by atoms with Gasteiger partial charge < -0.3 is 5.11 Å². The Morgan fingerprint density at radius 2 is 1.48 bits per heavy atom. The van der Waals surface area contributed by atoms with Gasteiger partial charge in [-0.2, -0.15) is 0 Å². The van der Waals surface area contributed by atoms with E-state index in [1.807, 2.05) is 18.2 Å². The van der Waals surface area contributed by atoms with Gasteiger partial charge in [0.15, 0.2) is 0 Å². The molecule has 3 aromatic carbocycles. The summed E-state index contributed by atoms with van der Waals surface area (Å²) in [5.41, 5.74) is 4.39. The minimum atomic E-state index is -0.992. The predicted octanol–water partition coefficient (Wildman–Crippen LogP) is 5.81. The van der Waals surface area contributed by atoms with Crippen molar-refractivity contribution in [2.45, 2.75) is 19.8 Å². The minimum absolute atomic E-state index is 0.188. The lowest BCUT2D eigenvalue weighted by Gasteiger charge is -2.08. The number of aromatic carboxylic acids is 1. The van der Waals surface area contributed by atoms with E-state index in [0.29, 0.717) is 11.1 Å². The number of hydrogen-bond acceptors (Lipinski definition) is 1. The highest BCUT2D eigenvalue weighted by Gasteiger charge is 2.09. The number of benzene rings is 3. The van der Waals surface area contributed by atoms with Crippen LogP contribution in [-0.4, -0.2) is 11.1 Å². The highest BCUT2D eigenvalue weighted by Crippen LogP contribution is 2.28. The maximum atomic E-state index is 14.6. The second-order valence-corrected chi connectivity index (χ2v) is 6.02. The molecule has 25 heavy (non-hydrogen) atoms. The lowest BCUT2D eigenvalue weighted by Crippen LogP contribution is -1.95. The van der Waals surface area contributed by atoms with Crippen LogP contribution in [0.1, 0.15) is 29.3 Å². The fourth-order valence-corrected chi connectivity index (χ4v) is 2.87. The molecule has 0 heterocycles. The van der Waals surface area contributed by atoms with Gasteiger partial charge in [0.2, 0.25) is 0 Å². The molecule has 2 nitrogen and oxygen atoms in total. The molecule has 0 aliphatic heterocycles. The molecule has 0 bridgehead atoms. The average molecular weight is 334 g/mol. The normalized spacial score (nSPS) is 10.6.